The summed E-state index contributed by atoms with van der Waals surface area (Å²) in [6.45, 7) is 1.81. The Morgan fingerprint density at radius 1 is 1.21 bits per heavy atom. The Labute approximate surface area is 167 Å². The number of fused-ring (bicyclic) bond motifs is 1. The van der Waals surface area contributed by atoms with E-state index >= 15 is 0 Å². The van der Waals surface area contributed by atoms with Crippen molar-refractivity contribution < 1.29 is 22.7 Å². The van der Waals surface area contributed by atoms with E-state index in [9.17, 15) is 13.2 Å². The SMILES string of the molecule is CS(=O)(=O)N1CCC(C(=O)Nc2nc(-c3ccc4c(c3)OCCO4)cs2)CC1. The van der Waals surface area contributed by atoms with Gasteiger partial charge in [-0.3, -0.25) is 4.79 Å². The summed E-state index contributed by atoms with van der Waals surface area (Å²) in [6.07, 6.45) is 2.22. The number of hydrogen-bond donors (Lipinski definition) is 1. The highest BCUT2D eigenvalue weighted by Gasteiger charge is 2.29. The van der Waals surface area contributed by atoms with Crippen molar-refractivity contribution in [3.8, 4) is 22.8 Å². The summed E-state index contributed by atoms with van der Waals surface area (Å²) >= 11 is 1.36. The lowest BCUT2D eigenvalue weighted by Crippen LogP contribution is -2.40. The standard InChI is InChI=1S/C18H21N3O5S2/c1-28(23,24)21-6-4-12(5-7-21)17(22)20-18-19-14(11-27-18)13-2-3-15-16(10-13)26-9-8-25-15/h2-3,10-12H,4-9H2,1H3,(H,19,20,22). The molecule has 0 saturated carbocycles. The first-order valence-electron chi connectivity index (χ1n) is 9.02. The van der Waals surface area contributed by atoms with Crippen LogP contribution in [0, 0.1) is 5.92 Å². The van der Waals surface area contributed by atoms with Crippen molar-refractivity contribution >= 4 is 32.4 Å². The van der Waals surface area contributed by atoms with Crippen LogP contribution in [0.1, 0.15) is 12.8 Å². The quantitative estimate of drug-likeness (QED) is 0.810. The van der Waals surface area contributed by atoms with Crippen LogP contribution in [0.2, 0.25) is 0 Å². The lowest BCUT2D eigenvalue weighted by Gasteiger charge is -2.29. The molecule has 1 N–H and O–H groups in total. The van der Waals surface area contributed by atoms with Gasteiger partial charge in [0.2, 0.25) is 15.9 Å². The van der Waals surface area contributed by atoms with Crippen LogP contribution in [0.5, 0.6) is 11.5 Å². The summed E-state index contributed by atoms with van der Waals surface area (Å²) in [5.74, 6) is 1.09. The third-order valence-electron chi connectivity index (χ3n) is 4.87. The molecule has 2 aliphatic heterocycles. The molecule has 0 bridgehead atoms. The molecule has 1 saturated heterocycles. The second-order valence-corrected chi connectivity index (χ2v) is 9.66. The molecule has 0 unspecified atom stereocenters. The van der Waals surface area contributed by atoms with E-state index in [2.05, 4.69) is 10.3 Å². The van der Waals surface area contributed by atoms with Crippen molar-refractivity contribution in [2.45, 2.75) is 12.8 Å². The largest absolute Gasteiger partial charge is 0.486 e. The minimum Gasteiger partial charge on any atom is -0.486 e. The number of anilines is 1. The molecule has 3 heterocycles. The number of benzene rings is 1. The third-order valence-corrected chi connectivity index (χ3v) is 6.93. The average Bonchev–Trinajstić information content (AvgIpc) is 3.15. The van der Waals surface area contributed by atoms with Crippen LogP contribution in [-0.2, 0) is 14.8 Å². The van der Waals surface area contributed by atoms with Gasteiger partial charge in [-0.1, -0.05) is 0 Å². The Balaban J connectivity index is 1.39. The molecule has 0 radical (unpaired) electrons. The third kappa shape index (κ3) is 4.13. The molecule has 0 spiro atoms. The molecule has 150 valence electrons. The molecule has 8 nitrogen and oxygen atoms in total. The predicted molar refractivity (Wildman–Crippen MR) is 106 cm³/mol. The molecule has 10 heteroatoms. The zero-order valence-corrected chi connectivity index (χ0v) is 17.0. The number of carbonyl (C=O) groups excluding carboxylic acids is 1. The fraction of sp³-hybridized carbons (Fsp3) is 0.444. The van der Waals surface area contributed by atoms with E-state index in [0.29, 0.717) is 50.0 Å². The van der Waals surface area contributed by atoms with Gasteiger partial charge in [-0.15, -0.1) is 11.3 Å². The van der Waals surface area contributed by atoms with E-state index in [-0.39, 0.29) is 11.8 Å². The molecule has 2 aromatic rings. The molecule has 4 rings (SSSR count). The van der Waals surface area contributed by atoms with E-state index < -0.39 is 10.0 Å². The van der Waals surface area contributed by atoms with Gasteiger partial charge in [-0.05, 0) is 31.0 Å². The van der Waals surface area contributed by atoms with E-state index in [1.54, 1.807) is 0 Å². The molecule has 2 aliphatic rings. The fourth-order valence-corrected chi connectivity index (χ4v) is 4.92. The topological polar surface area (TPSA) is 97.8 Å². The van der Waals surface area contributed by atoms with Crippen molar-refractivity contribution in [2.24, 2.45) is 5.92 Å². The highest BCUT2D eigenvalue weighted by molar-refractivity contribution is 7.88. The van der Waals surface area contributed by atoms with Crippen molar-refractivity contribution in [3.05, 3.63) is 23.6 Å². The van der Waals surface area contributed by atoms with Crippen LogP contribution in [0.25, 0.3) is 11.3 Å². The lowest BCUT2D eigenvalue weighted by molar-refractivity contribution is -0.120. The van der Waals surface area contributed by atoms with Crippen LogP contribution >= 0.6 is 11.3 Å². The second kappa shape index (κ2) is 7.69. The number of piperidine rings is 1. The van der Waals surface area contributed by atoms with Crippen LogP contribution in [-0.4, -0.2) is 56.2 Å². The van der Waals surface area contributed by atoms with Gasteiger partial charge >= 0.3 is 0 Å². The van der Waals surface area contributed by atoms with Crippen molar-refractivity contribution in [1.29, 1.82) is 0 Å². The van der Waals surface area contributed by atoms with Gasteiger partial charge in [0.25, 0.3) is 0 Å². The number of aromatic nitrogens is 1. The number of nitrogens with one attached hydrogen (secondary N) is 1. The highest BCUT2D eigenvalue weighted by Crippen LogP contribution is 2.35. The van der Waals surface area contributed by atoms with Crippen LogP contribution in [0.3, 0.4) is 0 Å². The predicted octanol–water partition coefficient (Wildman–Crippen LogP) is 2.19. The molecule has 1 aromatic carbocycles. The van der Waals surface area contributed by atoms with Crippen LogP contribution in [0.4, 0.5) is 5.13 Å². The summed E-state index contributed by atoms with van der Waals surface area (Å²) in [6, 6.07) is 5.65. The zero-order chi connectivity index (χ0) is 19.7. The van der Waals surface area contributed by atoms with Gasteiger partial charge in [-0.2, -0.15) is 0 Å². The molecule has 1 aromatic heterocycles. The van der Waals surface area contributed by atoms with Gasteiger partial charge < -0.3 is 14.8 Å². The Morgan fingerprint density at radius 3 is 2.64 bits per heavy atom. The lowest BCUT2D eigenvalue weighted by atomic mass is 9.97. The number of rotatable bonds is 4. The first-order valence-corrected chi connectivity index (χ1v) is 11.7. The van der Waals surface area contributed by atoms with Crippen LogP contribution < -0.4 is 14.8 Å². The Bertz CT molecular complexity index is 981. The Hall–Kier alpha value is -2.17. The number of thiazole rings is 1. The summed E-state index contributed by atoms with van der Waals surface area (Å²) in [4.78, 5) is 17.0. The van der Waals surface area contributed by atoms with E-state index in [4.69, 9.17) is 9.47 Å². The zero-order valence-electron chi connectivity index (χ0n) is 15.4. The number of ether oxygens (including phenoxy) is 2. The van der Waals surface area contributed by atoms with Crippen molar-refractivity contribution in [1.82, 2.24) is 9.29 Å². The second-order valence-electron chi connectivity index (χ2n) is 6.82. The van der Waals surface area contributed by atoms with Gasteiger partial charge in [-0.25, -0.2) is 17.7 Å². The van der Waals surface area contributed by atoms with Gasteiger partial charge in [0.05, 0.1) is 11.9 Å². The minimum atomic E-state index is -3.20. The average molecular weight is 424 g/mol. The first kappa shape index (κ1) is 19.2. The van der Waals surface area contributed by atoms with E-state index in [1.165, 1.54) is 21.9 Å². The van der Waals surface area contributed by atoms with E-state index in [0.717, 1.165) is 17.0 Å². The minimum absolute atomic E-state index is 0.115. The summed E-state index contributed by atoms with van der Waals surface area (Å²) in [5, 5.41) is 5.27. The maximum atomic E-state index is 12.5. The van der Waals surface area contributed by atoms with Gasteiger partial charge in [0, 0.05) is 30.0 Å². The molecule has 1 amide bonds. The normalized spacial score (nSPS) is 18.0. The monoisotopic (exact) mass is 423 g/mol. The maximum Gasteiger partial charge on any atom is 0.229 e. The number of nitrogens with zero attached hydrogens (tertiary/aromatic N) is 2. The molecular formula is C18H21N3O5S2. The smallest absolute Gasteiger partial charge is 0.229 e. The first-order chi connectivity index (χ1) is 13.4. The van der Waals surface area contributed by atoms with Crippen molar-refractivity contribution in [2.75, 3.05) is 37.9 Å². The maximum absolute atomic E-state index is 12.5. The van der Waals surface area contributed by atoms with Crippen LogP contribution in [0.15, 0.2) is 23.6 Å². The van der Waals surface area contributed by atoms with Gasteiger partial charge in [0.15, 0.2) is 16.6 Å². The number of sulfonamides is 1. The fourth-order valence-electron chi connectivity index (χ4n) is 3.32. The van der Waals surface area contributed by atoms with Gasteiger partial charge in [0.1, 0.15) is 13.2 Å². The number of amides is 1. The molecular weight excluding hydrogens is 402 g/mol. The molecule has 1 fully saturated rings. The molecule has 28 heavy (non-hydrogen) atoms. The molecule has 0 atom stereocenters. The summed E-state index contributed by atoms with van der Waals surface area (Å²) in [7, 11) is -3.20. The number of carbonyl (C=O) groups is 1. The summed E-state index contributed by atoms with van der Waals surface area (Å²) in [5.41, 5.74) is 1.65. The van der Waals surface area contributed by atoms with E-state index in [1.807, 2.05) is 23.6 Å². The number of hydrogen-bond acceptors (Lipinski definition) is 7. The highest BCUT2D eigenvalue weighted by atomic mass is 32.2. The van der Waals surface area contributed by atoms with Crippen molar-refractivity contribution in [3.63, 3.8) is 0 Å². The Morgan fingerprint density at radius 2 is 1.93 bits per heavy atom. The Kier molecular flexibility index (Phi) is 5.26. The molecule has 0 aliphatic carbocycles. The summed E-state index contributed by atoms with van der Waals surface area (Å²) < 4.78 is 35.7.